The number of carbonyl (C=O) groups is 1. The van der Waals surface area contributed by atoms with Crippen LogP contribution in [-0.4, -0.2) is 5.78 Å². The first-order chi connectivity index (χ1) is 6.68. The van der Waals surface area contributed by atoms with E-state index in [4.69, 9.17) is 0 Å². The summed E-state index contributed by atoms with van der Waals surface area (Å²) in [5.41, 5.74) is 2.46. The van der Waals surface area contributed by atoms with Gasteiger partial charge in [-0.3, -0.25) is 0 Å². The predicted molar refractivity (Wildman–Crippen MR) is 60.0 cm³/mol. The van der Waals surface area contributed by atoms with Gasteiger partial charge < -0.3 is 4.79 Å². The number of hydrogen-bond donors (Lipinski definition) is 0. The van der Waals surface area contributed by atoms with Crippen LogP contribution in [0.3, 0.4) is 0 Å². The maximum Gasteiger partial charge on any atom is 0.130 e. The smallest absolute Gasteiger partial charge is 0.130 e. The fourth-order valence-corrected chi connectivity index (χ4v) is 1.28. The molecule has 1 rings (SSSR count). The van der Waals surface area contributed by atoms with E-state index in [-0.39, 0.29) is 5.78 Å². The van der Waals surface area contributed by atoms with E-state index in [0.717, 1.165) is 6.42 Å². The van der Waals surface area contributed by atoms with Crippen molar-refractivity contribution in [3.8, 4) is 0 Å². The van der Waals surface area contributed by atoms with Crippen LogP contribution in [-0.2, 0) is 4.79 Å². The van der Waals surface area contributed by atoms with Crippen molar-refractivity contribution in [1.29, 1.82) is 0 Å². The molecule has 0 aliphatic heterocycles. The second kappa shape index (κ2) is 5.38. The molecular weight excluding hydrogens is 172 g/mol. The maximum absolute atomic E-state index is 10.8. The first-order valence-electron chi connectivity index (χ1n) is 4.90. The van der Waals surface area contributed by atoms with Crippen LogP contribution in [0.5, 0.6) is 0 Å². The third-order valence-electron chi connectivity index (χ3n) is 2.08. The number of hydrogen-bond acceptors (Lipinski definition) is 1. The van der Waals surface area contributed by atoms with E-state index in [1.165, 1.54) is 11.1 Å². The summed E-state index contributed by atoms with van der Waals surface area (Å²) in [5.74, 6) is 0.255. The average Bonchev–Trinajstić information content (AvgIpc) is 2.16. The van der Waals surface area contributed by atoms with Gasteiger partial charge in [-0.05, 0) is 25.8 Å². The molecule has 0 bridgehead atoms. The van der Waals surface area contributed by atoms with Crippen molar-refractivity contribution in [3.05, 3.63) is 41.5 Å². The lowest BCUT2D eigenvalue weighted by Crippen LogP contribution is -1.89. The van der Waals surface area contributed by atoms with Crippen LogP contribution in [0.4, 0.5) is 0 Å². The normalized spacial score (nSPS) is 11.4. The number of rotatable bonds is 4. The Bertz CT molecular complexity index is 322. The molecule has 1 nitrogen and oxygen atoms in total. The minimum Gasteiger partial charge on any atom is -0.300 e. The molecule has 0 N–H and O–H groups in total. The van der Waals surface area contributed by atoms with Gasteiger partial charge >= 0.3 is 0 Å². The highest BCUT2D eigenvalue weighted by Crippen LogP contribution is 2.10. The van der Waals surface area contributed by atoms with Crippen molar-refractivity contribution in [2.75, 3.05) is 0 Å². The molecule has 0 atom stereocenters. The van der Waals surface area contributed by atoms with Crippen molar-refractivity contribution in [3.63, 3.8) is 0 Å². The zero-order chi connectivity index (χ0) is 10.4. The van der Waals surface area contributed by atoms with Crippen LogP contribution in [0.1, 0.15) is 32.3 Å². The Morgan fingerprint density at radius 1 is 1.14 bits per heavy atom. The Labute approximate surface area is 85.5 Å². The summed E-state index contributed by atoms with van der Waals surface area (Å²) in [6, 6.07) is 10.2. The second-order valence-corrected chi connectivity index (χ2v) is 3.60. The van der Waals surface area contributed by atoms with Crippen molar-refractivity contribution >= 4 is 11.9 Å². The second-order valence-electron chi connectivity index (χ2n) is 3.60. The number of Topliss-reactive ketones (excluding diaryl/α,β-unsaturated/α-hetero) is 1. The Morgan fingerprint density at radius 3 is 2.36 bits per heavy atom. The quantitative estimate of drug-likeness (QED) is 0.707. The van der Waals surface area contributed by atoms with Crippen molar-refractivity contribution in [2.45, 2.75) is 26.7 Å². The predicted octanol–water partition coefficient (Wildman–Crippen LogP) is 3.46. The largest absolute Gasteiger partial charge is 0.300 e. The summed E-state index contributed by atoms with van der Waals surface area (Å²) in [4.78, 5) is 10.8. The van der Waals surface area contributed by atoms with Crippen molar-refractivity contribution in [2.24, 2.45) is 0 Å². The van der Waals surface area contributed by atoms with Gasteiger partial charge in [0.1, 0.15) is 5.78 Å². The number of benzene rings is 1. The summed E-state index contributed by atoms with van der Waals surface area (Å²) in [6.45, 7) is 3.70. The Kier molecular flexibility index (Phi) is 4.11. The third kappa shape index (κ3) is 4.04. The molecule has 0 fully saturated rings. The monoisotopic (exact) mass is 188 g/mol. The lowest BCUT2D eigenvalue weighted by molar-refractivity contribution is -0.116. The van der Waals surface area contributed by atoms with Crippen LogP contribution in [0.2, 0.25) is 0 Å². The van der Waals surface area contributed by atoms with E-state index >= 15 is 0 Å². The summed E-state index contributed by atoms with van der Waals surface area (Å²) in [6.07, 6.45) is 3.64. The highest BCUT2D eigenvalue weighted by atomic mass is 16.1. The molecule has 1 aromatic carbocycles. The van der Waals surface area contributed by atoms with Gasteiger partial charge in [0.25, 0.3) is 0 Å². The molecule has 0 saturated carbocycles. The molecule has 14 heavy (non-hydrogen) atoms. The maximum atomic E-state index is 10.8. The van der Waals surface area contributed by atoms with Gasteiger partial charge in [-0.1, -0.05) is 42.0 Å². The third-order valence-corrected chi connectivity index (χ3v) is 2.08. The van der Waals surface area contributed by atoms with Crippen LogP contribution in [0, 0.1) is 0 Å². The average molecular weight is 188 g/mol. The lowest BCUT2D eigenvalue weighted by atomic mass is 10.1. The van der Waals surface area contributed by atoms with Gasteiger partial charge in [-0.2, -0.15) is 0 Å². The van der Waals surface area contributed by atoms with E-state index in [2.05, 4.69) is 25.1 Å². The molecule has 0 amide bonds. The molecule has 0 heterocycles. The molecule has 1 heteroatoms. The van der Waals surface area contributed by atoms with Crippen molar-refractivity contribution in [1.82, 2.24) is 0 Å². The van der Waals surface area contributed by atoms with Gasteiger partial charge in [-0.25, -0.2) is 0 Å². The molecular formula is C13H16O. The van der Waals surface area contributed by atoms with E-state index in [9.17, 15) is 4.79 Å². The van der Waals surface area contributed by atoms with Gasteiger partial charge in [0.05, 0.1) is 0 Å². The number of ketones is 1. The van der Waals surface area contributed by atoms with Gasteiger partial charge in [0.2, 0.25) is 0 Å². The minimum atomic E-state index is 0.255. The van der Waals surface area contributed by atoms with Gasteiger partial charge in [-0.15, -0.1) is 0 Å². The number of carbonyl (C=O) groups excluding carboxylic acids is 1. The molecule has 0 aliphatic carbocycles. The molecule has 0 aromatic heterocycles. The topological polar surface area (TPSA) is 17.1 Å². The highest BCUT2D eigenvalue weighted by molar-refractivity contribution is 5.75. The van der Waals surface area contributed by atoms with E-state index in [0.29, 0.717) is 6.42 Å². The van der Waals surface area contributed by atoms with Crippen molar-refractivity contribution < 1.29 is 4.79 Å². The van der Waals surface area contributed by atoms with Gasteiger partial charge in [0, 0.05) is 6.42 Å². The molecule has 0 saturated heterocycles. The molecule has 0 spiro atoms. The first kappa shape index (κ1) is 10.7. The summed E-state index contributed by atoms with van der Waals surface area (Å²) >= 11 is 0. The Balaban J connectivity index is 2.56. The first-order valence-corrected chi connectivity index (χ1v) is 4.90. The van der Waals surface area contributed by atoms with Crippen LogP contribution in [0.25, 0.3) is 6.08 Å². The van der Waals surface area contributed by atoms with E-state index < -0.39 is 0 Å². The lowest BCUT2D eigenvalue weighted by Gasteiger charge is -1.99. The molecule has 74 valence electrons. The summed E-state index contributed by atoms with van der Waals surface area (Å²) in [5, 5.41) is 0. The van der Waals surface area contributed by atoms with E-state index in [1.807, 2.05) is 18.2 Å². The minimum absolute atomic E-state index is 0.255. The molecule has 1 aromatic rings. The summed E-state index contributed by atoms with van der Waals surface area (Å²) in [7, 11) is 0. The van der Waals surface area contributed by atoms with Crippen LogP contribution < -0.4 is 0 Å². The fourth-order valence-electron chi connectivity index (χ4n) is 1.28. The van der Waals surface area contributed by atoms with Gasteiger partial charge in [0.15, 0.2) is 0 Å². The summed E-state index contributed by atoms with van der Waals surface area (Å²) < 4.78 is 0. The highest BCUT2D eigenvalue weighted by Gasteiger charge is 1.95. The molecule has 0 unspecified atom stereocenters. The standard InChI is InChI=1S/C13H16O/c1-11(8-9-12(2)14)10-13-6-4-3-5-7-13/h3-7,10H,8-9H2,1-2H3. The zero-order valence-electron chi connectivity index (χ0n) is 8.79. The Hall–Kier alpha value is -1.37. The molecule has 0 aliphatic rings. The van der Waals surface area contributed by atoms with Crippen LogP contribution >= 0.6 is 0 Å². The van der Waals surface area contributed by atoms with Crippen LogP contribution in [0.15, 0.2) is 35.9 Å². The van der Waals surface area contributed by atoms with E-state index in [1.54, 1.807) is 6.92 Å². The fraction of sp³-hybridized carbons (Fsp3) is 0.308. The Morgan fingerprint density at radius 2 is 1.79 bits per heavy atom. The zero-order valence-corrected chi connectivity index (χ0v) is 8.79. The SMILES string of the molecule is CC(=O)CCC(C)=Cc1ccccc1. The number of allylic oxidation sites excluding steroid dienone is 1. The molecule has 0 radical (unpaired) electrons.